The summed E-state index contributed by atoms with van der Waals surface area (Å²) in [5.74, 6) is 1.39. The molecule has 2 rings (SSSR count). The summed E-state index contributed by atoms with van der Waals surface area (Å²) in [7, 11) is 0. The Kier molecular flexibility index (Phi) is 1.70. The van der Waals surface area contributed by atoms with Gasteiger partial charge in [-0.25, -0.2) is 9.97 Å². The molecule has 0 bridgehead atoms. The fourth-order valence-corrected chi connectivity index (χ4v) is 1.11. The number of nitrogens with zero attached hydrogens (tertiary/aromatic N) is 3. The van der Waals surface area contributed by atoms with Crippen molar-refractivity contribution in [2.24, 2.45) is 0 Å². The van der Waals surface area contributed by atoms with Crippen LogP contribution in [-0.4, -0.2) is 19.5 Å². The van der Waals surface area contributed by atoms with Crippen LogP contribution in [0.2, 0.25) is 0 Å². The van der Waals surface area contributed by atoms with Gasteiger partial charge in [0.05, 0.1) is 6.33 Å². The molecule has 0 aliphatic heterocycles. The van der Waals surface area contributed by atoms with E-state index in [-0.39, 0.29) is 5.56 Å². The van der Waals surface area contributed by atoms with Crippen LogP contribution in [0.25, 0.3) is 5.82 Å². The summed E-state index contributed by atoms with van der Waals surface area (Å²) >= 11 is 0. The summed E-state index contributed by atoms with van der Waals surface area (Å²) < 4.78 is 1.75. The second-order valence-electron chi connectivity index (χ2n) is 2.61. The van der Waals surface area contributed by atoms with Crippen LogP contribution in [0.4, 0.5) is 0 Å². The highest BCUT2D eigenvalue weighted by Gasteiger charge is 2.00. The minimum Gasteiger partial charge on any atom is -0.313 e. The quantitative estimate of drug-likeness (QED) is 0.678. The molecule has 0 amide bonds. The van der Waals surface area contributed by atoms with Gasteiger partial charge in [-0.2, -0.15) is 0 Å². The Balaban J connectivity index is 2.59. The first-order valence-electron chi connectivity index (χ1n) is 3.82. The molecule has 0 saturated carbocycles. The Bertz CT molecular complexity index is 471. The number of rotatable bonds is 1. The Morgan fingerprint density at radius 1 is 1.46 bits per heavy atom. The Morgan fingerprint density at radius 3 is 2.92 bits per heavy atom. The third-order valence-electron chi connectivity index (χ3n) is 1.74. The first-order chi connectivity index (χ1) is 6.27. The van der Waals surface area contributed by atoms with Crippen LogP contribution in [0.5, 0.6) is 0 Å². The van der Waals surface area contributed by atoms with Crippen molar-refractivity contribution in [3.8, 4) is 5.82 Å². The van der Waals surface area contributed by atoms with E-state index >= 15 is 0 Å². The Hall–Kier alpha value is -1.91. The van der Waals surface area contributed by atoms with E-state index in [1.807, 2.05) is 6.92 Å². The summed E-state index contributed by atoms with van der Waals surface area (Å²) in [6.45, 7) is 1.85. The maximum Gasteiger partial charge on any atom is 0.252 e. The predicted octanol–water partition coefficient (Wildman–Crippen LogP) is 0.264. The molecule has 0 fully saturated rings. The molecule has 13 heavy (non-hydrogen) atoms. The lowest BCUT2D eigenvalue weighted by Gasteiger charge is -2.00. The molecule has 5 heteroatoms. The van der Waals surface area contributed by atoms with E-state index in [0.717, 1.165) is 5.82 Å². The number of aromatic nitrogens is 4. The number of aryl methyl sites for hydroxylation is 1. The number of hydrogen-bond donors (Lipinski definition) is 1. The summed E-state index contributed by atoms with van der Waals surface area (Å²) in [5, 5.41) is 0. The van der Waals surface area contributed by atoms with Gasteiger partial charge in [0.1, 0.15) is 11.6 Å². The summed E-state index contributed by atoms with van der Waals surface area (Å²) in [4.78, 5) is 21.5. The first-order valence-corrected chi connectivity index (χ1v) is 3.82. The average Bonchev–Trinajstić information content (AvgIpc) is 2.51. The van der Waals surface area contributed by atoms with Gasteiger partial charge in [0.2, 0.25) is 0 Å². The largest absolute Gasteiger partial charge is 0.313 e. The Morgan fingerprint density at radius 2 is 2.31 bits per heavy atom. The molecule has 0 spiro atoms. The zero-order valence-electron chi connectivity index (χ0n) is 7.06. The molecule has 2 aromatic rings. The number of imidazole rings is 1. The molecule has 0 atom stereocenters. The number of nitrogens with one attached hydrogen (secondary N) is 1. The molecule has 1 N–H and O–H groups in total. The molecule has 0 saturated heterocycles. The van der Waals surface area contributed by atoms with Gasteiger partial charge < -0.3 is 4.98 Å². The summed E-state index contributed by atoms with van der Waals surface area (Å²) in [6, 6.07) is 1.43. The maximum atomic E-state index is 11.0. The highest BCUT2D eigenvalue weighted by atomic mass is 16.1. The van der Waals surface area contributed by atoms with Gasteiger partial charge in [-0.1, -0.05) is 0 Å². The minimum atomic E-state index is -0.168. The predicted molar refractivity (Wildman–Crippen MR) is 46.7 cm³/mol. The van der Waals surface area contributed by atoms with Crippen LogP contribution in [-0.2, 0) is 0 Å². The second-order valence-corrected chi connectivity index (χ2v) is 2.61. The monoisotopic (exact) mass is 176 g/mol. The fourth-order valence-electron chi connectivity index (χ4n) is 1.11. The fraction of sp³-hybridized carbons (Fsp3) is 0.125. The highest BCUT2D eigenvalue weighted by molar-refractivity contribution is 5.21. The van der Waals surface area contributed by atoms with Gasteiger partial charge in [0, 0.05) is 18.5 Å². The van der Waals surface area contributed by atoms with Gasteiger partial charge in [-0.3, -0.25) is 9.36 Å². The van der Waals surface area contributed by atoms with Crippen molar-refractivity contribution in [2.75, 3.05) is 0 Å². The third-order valence-corrected chi connectivity index (χ3v) is 1.74. The minimum absolute atomic E-state index is 0.168. The van der Waals surface area contributed by atoms with Crippen molar-refractivity contribution in [2.45, 2.75) is 6.92 Å². The van der Waals surface area contributed by atoms with Gasteiger partial charge in [-0.05, 0) is 6.92 Å². The summed E-state index contributed by atoms with van der Waals surface area (Å²) in [5.41, 5.74) is -0.168. The molecule has 0 unspecified atom stereocenters. The second kappa shape index (κ2) is 2.85. The van der Waals surface area contributed by atoms with Crippen LogP contribution in [0.3, 0.4) is 0 Å². The van der Waals surface area contributed by atoms with E-state index in [2.05, 4.69) is 15.0 Å². The van der Waals surface area contributed by atoms with Crippen LogP contribution in [0.1, 0.15) is 5.82 Å². The van der Waals surface area contributed by atoms with E-state index in [1.54, 1.807) is 17.0 Å². The van der Waals surface area contributed by atoms with E-state index in [1.165, 1.54) is 12.4 Å². The van der Waals surface area contributed by atoms with Gasteiger partial charge in [0.25, 0.3) is 5.56 Å². The zero-order valence-corrected chi connectivity index (χ0v) is 7.06. The van der Waals surface area contributed by atoms with Crippen molar-refractivity contribution in [1.82, 2.24) is 19.5 Å². The van der Waals surface area contributed by atoms with Crippen molar-refractivity contribution in [1.29, 1.82) is 0 Å². The molecule has 0 radical (unpaired) electrons. The molecule has 0 aliphatic carbocycles. The third kappa shape index (κ3) is 1.35. The van der Waals surface area contributed by atoms with Gasteiger partial charge in [0.15, 0.2) is 0 Å². The lowest BCUT2D eigenvalue weighted by atomic mass is 10.5. The van der Waals surface area contributed by atoms with E-state index in [0.29, 0.717) is 5.82 Å². The molecule has 66 valence electrons. The maximum absolute atomic E-state index is 11.0. The van der Waals surface area contributed by atoms with Crippen LogP contribution in [0.15, 0.2) is 29.6 Å². The van der Waals surface area contributed by atoms with Crippen LogP contribution in [0, 0.1) is 6.92 Å². The number of H-pyrrole nitrogens is 1. The molecule has 2 aromatic heterocycles. The van der Waals surface area contributed by atoms with Crippen molar-refractivity contribution >= 4 is 0 Å². The van der Waals surface area contributed by atoms with Crippen molar-refractivity contribution < 1.29 is 0 Å². The molecule has 5 nitrogen and oxygen atoms in total. The SMILES string of the molecule is Cc1nccn1-c1cc(=O)[nH]cn1. The van der Waals surface area contributed by atoms with E-state index < -0.39 is 0 Å². The summed E-state index contributed by atoms with van der Waals surface area (Å²) in [6.07, 6.45) is 4.80. The standard InChI is InChI=1S/C8H8N4O/c1-6-9-2-3-12(6)7-4-8(13)11-5-10-7/h2-5H,1H3,(H,10,11,13). The first kappa shape index (κ1) is 7.72. The Labute approximate surface area is 74.1 Å². The van der Waals surface area contributed by atoms with Crippen molar-refractivity contribution in [3.63, 3.8) is 0 Å². The normalized spacial score (nSPS) is 10.2. The lowest BCUT2D eigenvalue weighted by Crippen LogP contribution is -2.08. The van der Waals surface area contributed by atoms with Crippen LogP contribution < -0.4 is 5.56 Å². The molecule has 2 heterocycles. The zero-order chi connectivity index (χ0) is 9.26. The van der Waals surface area contributed by atoms with E-state index in [9.17, 15) is 4.79 Å². The van der Waals surface area contributed by atoms with Crippen molar-refractivity contribution in [3.05, 3.63) is 41.0 Å². The molecular formula is C8H8N4O. The topological polar surface area (TPSA) is 63.6 Å². The molecule has 0 aromatic carbocycles. The lowest BCUT2D eigenvalue weighted by molar-refractivity contribution is 0.912. The molecular weight excluding hydrogens is 168 g/mol. The number of aromatic amines is 1. The van der Waals surface area contributed by atoms with Gasteiger partial charge >= 0.3 is 0 Å². The highest BCUT2D eigenvalue weighted by Crippen LogP contribution is 2.02. The van der Waals surface area contributed by atoms with E-state index in [4.69, 9.17) is 0 Å². The van der Waals surface area contributed by atoms with Gasteiger partial charge in [-0.15, -0.1) is 0 Å². The molecule has 0 aliphatic rings. The number of hydrogen-bond acceptors (Lipinski definition) is 3. The van der Waals surface area contributed by atoms with Crippen LogP contribution >= 0.6 is 0 Å². The average molecular weight is 176 g/mol. The smallest absolute Gasteiger partial charge is 0.252 e.